The van der Waals surface area contributed by atoms with Gasteiger partial charge in [0.2, 0.25) is 0 Å². The SMILES string of the molecule is CC1=C(C)C[C@](C(=O)O[C@@H]2C[C@H](C)CC[C@@H]2C(C)C)(c2ccccc2)[S@](=O)C1. The van der Waals surface area contributed by atoms with E-state index in [9.17, 15) is 9.00 Å². The van der Waals surface area contributed by atoms with Gasteiger partial charge in [-0.15, -0.1) is 0 Å². The number of carbonyl (C=O) groups excluding carboxylic acids is 1. The number of ether oxygens (including phenoxy) is 1. The molecule has 3 rings (SSSR count). The molecule has 1 aromatic rings. The van der Waals surface area contributed by atoms with E-state index in [1.807, 2.05) is 37.3 Å². The van der Waals surface area contributed by atoms with E-state index in [1.54, 1.807) is 0 Å². The van der Waals surface area contributed by atoms with E-state index in [4.69, 9.17) is 4.74 Å². The smallest absolute Gasteiger partial charge is 0.330 e. The highest BCUT2D eigenvalue weighted by Crippen LogP contribution is 2.43. The molecular weight excluding hydrogens is 368 g/mol. The molecule has 0 N–H and O–H groups in total. The summed E-state index contributed by atoms with van der Waals surface area (Å²) in [4.78, 5) is 13.7. The summed E-state index contributed by atoms with van der Waals surface area (Å²) in [5.41, 5.74) is 3.09. The van der Waals surface area contributed by atoms with E-state index < -0.39 is 15.5 Å². The lowest BCUT2D eigenvalue weighted by atomic mass is 9.75. The Hall–Kier alpha value is -1.42. The molecule has 1 heterocycles. The Morgan fingerprint density at radius 2 is 1.82 bits per heavy atom. The lowest BCUT2D eigenvalue weighted by Crippen LogP contribution is -2.48. The van der Waals surface area contributed by atoms with Gasteiger partial charge in [-0.05, 0) is 50.0 Å². The molecule has 0 unspecified atom stereocenters. The van der Waals surface area contributed by atoms with Gasteiger partial charge in [-0.25, -0.2) is 0 Å². The number of hydrogen-bond acceptors (Lipinski definition) is 3. The summed E-state index contributed by atoms with van der Waals surface area (Å²) in [7, 11) is -1.34. The molecule has 0 aromatic heterocycles. The average Bonchev–Trinajstić information content (AvgIpc) is 2.65. The van der Waals surface area contributed by atoms with Crippen molar-refractivity contribution in [1.29, 1.82) is 0 Å². The maximum absolute atomic E-state index is 13.7. The van der Waals surface area contributed by atoms with Crippen molar-refractivity contribution in [2.45, 2.75) is 71.2 Å². The van der Waals surface area contributed by atoms with Crippen LogP contribution >= 0.6 is 0 Å². The first-order chi connectivity index (χ1) is 13.3. The van der Waals surface area contributed by atoms with E-state index >= 15 is 0 Å². The molecule has 1 fully saturated rings. The summed E-state index contributed by atoms with van der Waals surface area (Å²) in [6.45, 7) is 10.7. The summed E-state index contributed by atoms with van der Waals surface area (Å²) < 4.78 is 18.6. The van der Waals surface area contributed by atoms with E-state index in [1.165, 1.54) is 6.42 Å². The zero-order valence-electron chi connectivity index (χ0n) is 17.9. The molecule has 0 bridgehead atoms. The Morgan fingerprint density at radius 3 is 2.46 bits per heavy atom. The summed E-state index contributed by atoms with van der Waals surface area (Å²) >= 11 is 0. The fourth-order valence-corrected chi connectivity index (χ4v) is 6.65. The third-order valence-electron chi connectivity index (χ3n) is 6.77. The van der Waals surface area contributed by atoms with Crippen molar-refractivity contribution in [3.05, 3.63) is 47.0 Å². The fourth-order valence-electron chi connectivity index (χ4n) is 4.75. The predicted molar refractivity (Wildman–Crippen MR) is 115 cm³/mol. The van der Waals surface area contributed by atoms with Gasteiger partial charge in [-0.3, -0.25) is 9.00 Å². The van der Waals surface area contributed by atoms with Crippen LogP contribution in [0.5, 0.6) is 0 Å². The van der Waals surface area contributed by atoms with Crippen LogP contribution < -0.4 is 0 Å². The van der Waals surface area contributed by atoms with Gasteiger partial charge in [0.1, 0.15) is 6.10 Å². The number of hydrogen-bond donors (Lipinski definition) is 0. The molecule has 1 aromatic carbocycles. The normalized spacial score (nSPS) is 33.8. The van der Waals surface area contributed by atoms with Gasteiger partial charge in [0.15, 0.2) is 4.75 Å². The van der Waals surface area contributed by atoms with Gasteiger partial charge in [0.05, 0.1) is 0 Å². The van der Waals surface area contributed by atoms with Crippen molar-refractivity contribution >= 4 is 16.8 Å². The van der Waals surface area contributed by atoms with Crippen molar-refractivity contribution in [2.75, 3.05) is 5.75 Å². The monoisotopic (exact) mass is 402 g/mol. The van der Waals surface area contributed by atoms with Crippen LogP contribution in [0.3, 0.4) is 0 Å². The minimum atomic E-state index is -1.34. The lowest BCUT2D eigenvalue weighted by Gasteiger charge is -2.41. The molecule has 0 spiro atoms. The summed E-state index contributed by atoms with van der Waals surface area (Å²) in [6, 6.07) is 9.62. The molecule has 0 saturated heterocycles. The third-order valence-corrected chi connectivity index (χ3v) is 8.79. The van der Waals surface area contributed by atoms with Gasteiger partial charge < -0.3 is 4.74 Å². The Labute approximate surface area is 172 Å². The highest BCUT2D eigenvalue weighted by atomic mass is 32.2. The maximum Gasteiger partial charge on any atom is 0.330 e. The van der Waals surface area contributed by atoms with Crippen LogP contribution in [0.4, 0.5) is 0 Å². The van der Waals surface area contributed by atoms with E-state index in [0.717, 1.165) is 29.6 Å². The topological polar surface area (TPSA) is 43.4 Å². The maximum atomic E-state index is 13.7. The molecule has 154 valence electrons. The average molecular weight is 403 g/mol. The number of benzene rings is 1. The molecular formula is C24H34O3S. The molecule has 3 nitrogen and oxygen atoms in total. The molecule has 1 aliphatic carbocycles. The van der Waals surface area contributed by atoms with Crippen LogP contribution in [-0.2, 0) is 25.1 Å². The van der Waals surface area contributed by atoms with Crippen molar-refractivity contribution in [2.24, 2.45) is 17.8 Å². The molecule has 1 saturated carbocycles. The molecule has 0 amide bonds. The Kier molecular flexibility index (Phi) is 6.48. The standard InChI is InChI=1S/C24H34O3S/c1-16(2)21-12-11-17(3)13-22(21)27-23(25)24(20-9-7-6-8-10-20)14-18(4)19(5)15-28(24)26/h6-10,16-17,21-22H,11-15H2,1-5H3/t17-,21-,22-,24-,28-/m1/s1. The van der Waals surface area contributed by atoms with E-state index in [2.05, 4.69) is 27.7 Å². The van der Waals surface area contributed by atoms with Crippen LogP contribution in [0.1, 0.15) is 65.9 Å². The molecule has 4 heteroatoms. The summed E-state index contributed by atoms with van der Waals surface area (Å²) in [5.74, 6) is 1.54. The number of esters is 1. The van der Waals surface area contributed by atoms with E-state index in [0.29, 0.717) is 29.9 Å². The van der Waals surface area contributed by atoms with Gasteiger partial charge in [-0.2, -0.15) is 0 Å². The zero-order chi connectivity index (χ0) is 20.5. The van der Waals surface area contributed by atoms with E-state index in [-0.39, 0.29) is 12.1 Å². The lowest BCUT2D eigenvalue weighted by molar-refractivity contribution is -0.159. The second kappa shape index (κ2) is 8.52. The molecule has 0 radical (unpaired) electrons. The van der Waals surface area contributed by atoms with Crippen LogP contribution in [-0.4, -0.2) is 22.0 Å². The molecule has 28 heavy (non-hydrogen) atoms. The quantitative estimate of drug-likeness (QED) is 0.502. The Morgan fingerprint density at radius 1 is 1.14 bits per heavy atom. The van der Waals surface area contributed by atoms with Crippen molar-refractivity contribution in [3.63, 3.8) is 0 Å². The third kappa shape index (κ3) is 3.98. The van der Waals surface area contributed by atoms with Crippen molar-refractivity contribution in [3.8, 4) is 0 Å². The van der Waals surface area contributed by atoms with Crippen molar-refractivity contribution in [1.82, 2.24) is 0 Å². The number of allylic oxidation sites excluding steroid dienone is 1. The van der Waals surface area contributed by atoms with Crippen LogP contribution in [0.15, 0.2) is 41.5 Å². The van der Waals surface area contributed by atoms with Gasteiger partial charge in [0.25, 0.3) is 0 Å². The summed E-state index contributed by atoms with van der Waals surface area (Å²) in [5, 5.41) is 0. The minimum Gasteiger partial charge on any atom is -0.461 e. The number of rotatable bonds is 4. The van der Waals surface area contributed by atoms with Crippen molar-refractivity contribution < 1.29 is 13.7 Å². The molecule has 1 aliphatic heterocycles. The number of carbonyl (C=O) groups is 1. The second-order valence-corrected chi connectivity index (χ2v) is 10.9. The molecule has 2 aliphatic rings. The fraction of sp³-hybridized carbons (Fsp3) is 0.625. The second-order valence-electron chi connectivity index (χ2n) is 9.19. The highest BCUT2D eigenvalue weighted by Gasteiger charge is 2.51. The first kappa shape index (κ1) is 21.3. The van der Waals surface area contributed by atoms with Crippen LogP contribution in [0.25, 0.3) is 0 Å². The first-order valence-corrected chi connectivity index (χ1v) is 11.9. The van der Waals surface area contributed by atoms with Gasteiger partial charge >= 0.3 is 5.97 Å². The highest BCUT2D eigenvalue weighted by molar-refractivity contribution is 7.87. The van der Waals surface area contributed by atoms with Crippen LogP contribution in [0.2, 0.25) is 0 Å². The molecule has 5 atom stereocenters. The van der Waals surface area contributed by atoms with Gasteiger partial charge in [0, 0.05) is 23.0 Å². The minimum absolute atomic E-state index is 0.0823. The zero-order valence-corrected chi connectivity index (χ0v) is 18.7. The predicted octanol–water partition coefficient (Wildman–Crippen LogP) is 5.37. The van der Waals surface area contributed by atoms with Gasteiger partial charge in [-0.1, -0.05) is 68.7 Å². The largest absolute Gasteiger partial charge is 0.461 e. The first-order valence-electron chi connectivity index (χ1n) is 10.6. The Bertz CT molecular complexity index is 767. The Balaban J connectivity index is 1.97. The van der Waals surface area contributed by atoms with Crippen LogP contribution in [0, 0.1) is 17.8 Å². The summed E-state index contributed by atoms with van der Waals surface area (Å²) in [6.07, 6.45) is 3.58.